The molecule has 0 saturated carbocycles. The number of rotatable bonds is 10. The molecule has 71 heavy (non-hydrogen) atoms. The van der Waals surface area contributed by atoms with E-state index in [2.05, 4.69) is 100 Å². The van der Waals surface area contributed by atoms with Gasteiger partial charge in [0.05, 0.1) is 34.3 Å². The maximum absolute atomic E-state index is 10.8. The van der Waals surface area contributed by atoms with Gasteiger partial charge in [-0.25, -0.2) is 9.98 Å². The third-order valence-corrected chi connectivity index (χ3v) is 12.7. The number of para-hydroxylation sites is 2. The van der Waals surface area contributed by atoms with E-state index in [-0.39, 0.29) is 75.0 Å². The molecule has 0 atom stereocenters. The van der Waals surface area contributed by atoms with Gasteiger partial charge in [0, 0.05) is 27.6 Å². The number of nitrogens with zero attached hydrogens (tertiary/aromatic N) is 2. The molecule has 2 N–H and O–H groups in total. The number of ether oxygens (including phenoxy) is 2. The van der Waals surface area contributed by atoms with E-state index in [9.17, 15) is 30.0 Å². The van der Waals surface area contributed by atoms with Crippen LogP contribution in [0.5, 0.6) is 23.0 Å². The Morgan fingerprint density at radius 3 is 1.03 bits per heavy atom. The molecule has 0 spiro atoms. The molecule has 1 aliphatic carbocycles. The maximum atomic E-state index is 10.8. The summed E-state index contributed by atoms with van der Waals surface area (Å²) in [5.74, 6) is 0.512. The number of carboxylic acid groups (broad SMARTS) is 2. The molecule has 0 aromatic heterocycles. The molecule has 0 saturated heterocycles. The Labute approximate surface area is 430 Å². The molecule has 0 fully saturated rings. The second kappa shape index (κ2) is 24.1. The number of hydrogen-bond donors (Lipinski definition) is 2. The Hall–Kier alpha value is -6.45. The van der Waals surface area contributed by atoms with E-state index < -0.39 is 12.3 Å². The van der Waals surface area contributed by atoms with Crippen molar-refractivity contribution in [3.8, 4) is 23.0 Å². The van der Waals surface area contributed by atoms with Crippen molar-refractivity contribution in [2.45, 2.75) is 146 Å². The van der Waals surface area contributed by atoms with E-state index in [1.54, 1.807) is 0 Å². The van der Waals surface area contributed by atoms with E-state index in [1.807, 2.05) is 95.2 Å². The van der Waals surface area contributed by atoms with Crippen LogP contribution < -0.4 is 19.7 Å². The first-order chi connectivity index (χ1) is 32.9. The summed E-state index contributed by atoms with van der Waals surface area (Å²) < 4.78 is 9.44. The van der Waals surface area contributed by atoms with E-state index >= 15 is 0 Å². The average Bonchev–Trinajstić information content (AvgIpc) is 3.56. The van der Waals surface area contributed by atoms with Crippen LogP contribution in [0.4, 0.5) is 21.0 Å². The fourth-order valence-corrected chi connectivity index (χ4v) is 9.23. The second-order valence-corrected chi connectivity index (χ2v) is 20.0. The van der Waals surface area contributed by atoms with Gasteiger partial charge < -0.3 is 39.5 Å². The van der Waals surface area contributed by atoms with Gasteiger partial charge in [-0.1, -0.05) is 168 Å². The van der Waals surface area contributed by atoms with Crippen LogP contribution in [0.1, 0.15) is 185 Å². The Morgan fingerprint density at radius 1 is 0.465 bits per heavy atom. The monoisotopic (exact) mass is 1000 g/mol. The molecule has 7 rings (SSSR count). The van der Waals surface area contributed by atoms with Gasteiger partial charge in [0.25, 0.3) is 12.3 Å². The Balaban J connectivity index is 0.000000239. The quantitative estimate of drug-likeness (QED) is 0.0778. The molecule has 0 heterocycles. The number of hydrogen-bond acceptors (Lipinski definition) is 10. The molecule has 11 heteroatoms. The van der Waals surface area contributed by atoms with Gasteiger partial charge in [0.2, 0.25) is 0 Å². The summed E-state index contributed by atoms with van der Waals surface area (Å²) in [6.07, 6.45) is -3.32. The van der Waals surface area contributed by atoms with Crippen LogP contribution in [-0.2, 0) is 16.5 Å². The summed E-state index contributed by atoms with van der Waals surface area (Å²) in [7, 11) is 0. The molecule has 1 aliphatic rings. The SMILES string of the molecule is CC(C)c1cc(C(C)C)c(C(C)C)c(O)c1OC(=O)[O-].CC(C)c1cc(C(C)C)c(C(C)C)c(O)c1OC(=O)[O-].Cc1cccc(C)c1N=C1C(=Nc2c(C)cccc2C)c2cccc3cccc1c23.[Ni+2]. The Bertz CT molecular complexity index is 2740. The summed E-state index contributed by atoms with van der Waals surface area (Å²) >= 11 is 0. The van der Waals surface area contributed by atoms with Gasteiger partial charge in [0.15, 0.2) is 0 Å². The first-order valence-electron chi connectivity index (χ1n) is 24.3. The summed E-state index contributed by atoms with van der Waals surface area (Å²) in [5, 5.41) is 44.9. The van der Waals surface area contributed by atoms with Gasteiger partial charge >= 0.3 is 16.5 Å². The standard InChI is InChI=1S/C28H24N2.2C16H24O4.Ni/c1-17-9-5-10-18(2)25(17)29-27-22-15-7-13-21-14-8-16-23(24(21)22)28(27)30-26-19(3)11-6-12-20(26)4;2*1-8(2)11-7-12(9(3)4)15(20-16(18)19)14(17)13(11)10(5)6;/h5-16H,1-4H3;2*7-10,17H,1-6H3,(H,18,19);/q;;;+2/p-2. The predicted octanol–water partition coefficient (Wildman–Crippen LogP) is 14.3. The van der Waals surface area contributed by atoms with Crippen LogP contribution in [0.2, 0.25) is 0 Å². The number of phenols is 2. The number of aliphatic imine (C=N–C) groups is 2. The first kappa shape index (κ1) is 57.1. The molecule has 6 aromatic carbocycles. The van der Waals surface area contributed by atoms with Crippen molar-refractivity contribution >= 4 is 45.9 Å². The largest absolute Gasteiger partial charge is 2.00 e. The molecule has 0 aliphatic heterocycles. The molecule has 10 nitrogen and oxygen atoms in total. The van der Waals surface area contributed by atoms with Crippen molar-refractivity contribution in [3.63, 3.8) is 0 Å². The van der Waals surface area contributed by atoms with Gasteiger partial charge in [-0.3, -0.25) is 0 Å². The molecular formula is C60H70N2NiO8. The number of carbonyl (C=O) groups is 2. The van der Waals surface area contributed by atoms with Gasteiger partial charge in [-0.2, -0.15) is 0 Å². The zero-order valence-electron chi connectivity index (χ0n) is 44.1. The van der Waals surface area contributed by atoms with Crippen LogP contribution in [0.3, 0.4) is 0 Å². The first-order valence-corrected chi connectivity index (χ1v) is 24.3. The third kappa shape index (κ3) is 12.7. The molecule has 0 unspecified atom stereocenters. The number of phenolic OH excluding ortho intramolecular Hbond substituents is 2. The minimum atomic E-state index is -1.66. The predicted molar refractivity (Wildman–Crippen MR) is 281 cm³/mol. The normalized spacial score (nSPS) is 13.0. The summed E-state index contributed by atoms with van der Waals surface area (Å²) in [6.45, 7) is 32.2. The van der Waals surface area contributed by atoms with Crippen LogP contribution in [0, 0.1) is 27.7 Å². The maximum Gasteiger partial charge on any atom is 2.00 e. The van der Waals surface area contributed by atoms with Crippen LogP contribution in [0.15, 0.2) is 94.9 Å². The third-order valence-electron chi connectivity index (χ3n) is 12.7. The van der Waals surface area contributed by atoms with Crippen molar-refractivity contribution in [2.24, 2.45) is 9.98 Å². The van der Waals surface area contributed by atoms with Crippen LogP contribution in [0.25, 0.3) is 10.8 Å². The minimum Gasteiger partial charge on any atom is -0.510 e. The van der Waals surface area contributed by atoms with E-state index in [0.717, 1.165) is 56.2 Å². The average molecular weight is 1010 g/mol. The van der Waals surface area contributed by atoms with Crippen LogP contribution >= 0.6 is 0 Å². The fraction of sp³-hybridized carbons (Fsp3) is 0.367. The molecule has 6 aromatic rings. The van der Waals surface area contributed by atoms with E-state index in [1.165, 1.54) is 33.0 Å². The van der Waals surface area contributed by atoms with Gasteiger partial charge in [-0.05, 0) is 113 Å². The number of benzene rings is 6. The topological polar surface area (TPSA) is 164 Å². The summed E-state index contributed by atoms with van der Waals surface area (Å²) in [4.78, 5) is 31.9. The number of carbonyl (C=O) groups excluding carboxylic acids is 2. The molecular weight excluding hydrogens is 935 g/mol. The van der Waals surface area contributed by atoms with Gasteiger partial charge in [-0.15, -0.1) is 0 Å². The van der Waals surface area contributed by atoms with Crippen molar-refractivity contribution in [1.82, 2.24) is 0 Å². The zero-order valence-corrected chi connectivity index (χ0v) is 45.1. The molecule has 378 valence electrons. The summed E-state index contributed by atoms with van der Waals surface area (Å²) in [6, 6.07) is 29.4. The van der Waals surface area contributed by atoms with Gasteiger partial charge in [0.1, 0.15) is 11.5 Å². The molecule has 0 bridgehead atoms. The smallest absolute Gasteiger partial charge is 0.510 e. The fourth-order valence-electron chi connectivity index (χ4n) is 9.23. The van der Waals surface area contributed by atoms with Crippen LogP contribution in [-0.4, -0.2) is 33.9 Å². The van der Waals surface area contributed by atoms with Crippen molar-refractivity contribution in [1.29, 1.82) is 0 Å². The van der Waals surface area contributed by atoms with E-state index in [4.69, 9.17) is 19.5 Å². The zero-order chi connectivity index (χ0) is 52.0. The van der Waals surface area contributed by atoms with Crippen molar-refractivity contribution < 1.29 is 56.0 Å². The number of aromatic hydroxyl groups is 2. The van der Waals surface area contributed by atoms with E-state index in [0.29, 0.717) is 11.1 Å². The Morgan fingerprint density at radius 2 is 0.761 bits per heavy atom. The van der Waals surface area contributed by atoms with Crippen molar-refractivity contribution in [3.05, 3.63) is 152 Å². The molecule has 0 amide bonds. The Kier molecular flexibility index (Phi) is 19.4. The second-order valence-electron chi connectivity index (χ2n) is 20.0. The number of aryl methyl sites for hydroxylation is 4. The summed E-state index contributed by atoms with van der Waals surface area (Å²) in [5.41, 5.74) is 15.9. The minimum absolute atomic E-state index is 0. The van der Waals surface area contributed by atoms with Crippen molar-refractivity contribution in [2.75, 3.05) is 0 Å². The molecule has 0 radical (unpaired) electrons.